The number of imidazole rings is 1. The van der Waals surface area contributed by atoms with E-state index in [4.69, 9.17) is 0 Å². The number of hydrogen-bond donors (Lipinski definition) is 1. The predicted octanol–water partition coefficient (Wildman–Crippen LogP) is 0.830. The first kappa shape index (κ1) is 12.1. The minimum atomic E-state index is 0.0198. The fourth-order valence-electron chi connectivity index (χ4n) is 1.19. The Bertz CT molecular complexity index is 324. The summed E-state index contributed by atoms with van der Waals surface area (Å²) in [7, 11) is 1.95. The molecule has 0 saturated heterocycles. The molecule has 0 fully saturated rings. The van der Waals surface area contributed by atoms with Gasteiger partial charge in [-0.3, -0.25) is 4.79 Å². The molecular formula is C10H17N3OS. The van der Waals surface area contributed by atoms with E-state index in [2.05, 4.69) is 10.3 Å². The maximum Gasteiger partial charge on any atom is 0.232 e. The summed E-state index contributed by atoms with van der Waals surface area (Å²) < 4.78 is 1.96. The van der Waals surface area contributed by atoms with Gasteiger partial charge in [0.15, 0.2) is 0 Å². The van der Waals surface area contributed by atoms with Gasteiger partial charge in [0.1, 0.15) is 5.82 Å². The lowest BCUT2D eigenvalue weighted by atomic mass is 10.3. The molecule has 5 heteroatoms. The maximum absolute atomic E-state index is 11.4. The van der Waals surface area contributed by atoms with E-state index >= 15 is 0 Å². The van der Waals surface area contributed by atoms with E-state index in [1.54, 1.807) is 18.0 Å². The number of hydrogen-bond acceptors (Lipinski definition) is 3. The average Bonchev–Trinajstić information content (AvgIpc) is 2.63. The summed E-state index contributed by atoms with van der Waals surface area (Å²) in [6.07, 6.45) is 6.38. The van der Waals surface area contributed by atoms with Crippen molar-refractivity contribution in [2.24, 2.45) is 7.05 Å². The van der Waals surface area contributed by atoms with Gasteiger partial charge in [-0.15, -0.1) is 0 Å². The molecule has 1 aromatic rings. The monoisotopic (exact) mass is 227 g/mol. The van der Waals surface area contributed by atoms with E-state index < -0.39 is 0 Å². The Morgan fingerprint density at radius 1 is 1.73 bits per heavy atom. The van der Waals surface area contributed by atoms with Crippen LogP contribution in [0.4, 0.5) is 0 Å². The van der Waals surface area contributed by atoms with Gasteiger partial charge in [0.05, 0.1) is 5.25 Å². The van der Waals surface area contributed by atoms with E-state index in [1.165, 1.54) is 0 Å². The van der Waals surface area contributed by atoms with Crippen molar-refractivity contribution in [1.29, 1.82) is 0 Å². The lowest BCUT2D eigenvalue weighted by molar-refractivity contribution is -0.120. The molecular weight excluding hydrogens is 210 g/mol. The SMILES string of the molecule is CS[C@H](C)C(=O)NCCc1nccn1C. The zero-order valence-electron chi connectivity index (χ0n) is 9.36. The second kappa shape index (κ2) is 5.80. The Morgan fingerprint density at radius 3 is 3.00 bits per heavy atom. The van der Waals surface area contributed by atoms with E-state index in [0.717, 1.165) is 12.2 Å². The molecule has 0 spiro atoms. The van der Waals surface area contributed by atoms with Gasteiger partial charge in [-0.1, -0.05) is 0 Å². The van der Waals surface area contributed by atoms with E-state index in [0.29, 0.717) is 6.54 Å². The quantitative estimate of drug-likeness (QED) is 0.810. The van der Waals surface area contributed by atoms with Crippen LogP contribution >= 0.6 is 11.8 Å². The Morgan fingerprint density at radius 2 is 2.47 bits per heavy atom. The minimum absolute atomic E-state index is 0.0198. The number of aryl methyl sites for hydroxylation is 1. The lowest BCUT2D eigenvalue weighted by Gasteiger charge is -2.09. The standard InChI is InChI=1S/C10H17N3OS/c1-8(15-3)10(14)12-5-4-9-11-6-7-13(9)2/h6-8H,4-5H2,1-3H3,(H,12,14)/t8-/m1/s1. The van der Waals surface area contributed by atoms with Gasteiger partial charge in [-0.25, -0.2) is 4.98 Å². The molecule has 0 radical (unpaired) electrons. The van der Waals surface area contributed by atoms with Crippen molar-refractivity contribution in [3.05, 3.63) is 18.2 Å². The van der Waals surface area contributed by atoms with Gasteiger partial charge in [0, 0.05) is 32.4 Å². The summed E-state index contributed by atoms with van der Waals surface area (Å²) in [5, 5.41) is 2.91. The Kier molecular flexibility index (Phi) is 4.68. The van der Waals surface area contributed by atoms with Crippen LogP contribution in [0, 0.1) is 0 Å². The van der Waals surface area contributed by atoms with Crippen molar-refractivity contribution in [2.75, 3.05) is 12.8 Å². The second-order valence-corrected chi connectivity index (χ2v) is 4.55. The normalized spacial score (nSPS) is 12.5. The zero-order chi connectivity index (χ0) is 11.3. The van der Waals surface area contributed by atoms with Crippen molar-refractivity contribution in [1.82, 2.24) is 14.9 Å². The Balaban J connectivity index is 2.28. The maximum atomic E-state index is 11.4. The van der Waals surface area contributed by atoms with Gasteiger partial charge < -0.3 is 9.88 Å². The number of carbonyl (C=O) groups excluding carboxylic acids is 1. The molecule has 1 rings (SSSR count). The molecule has 84 valence electrons. The highest BCUT2D eigenvalue weighted by Gasteiger charge is 2.10. The molecule has 15 heavy (non-hydrogen) atoms. The van der Waals surface area contributed by atoms with E-state index in [9.17, 15) is 4.79 Å². The highest BCUT2D eigenvalue weighted by atomic mass is 32.2. The molecule has 0 aliphatic heterocycles. The molecule has 1 N–H and O–H groups in total. The molecule has 1 atom stereocenters. The van der Waals surface area contributed by atoms with Crippen molar-refractivity contribution >= 4 is 17.7 Å². The van der Waals surface area contributed by atoms with Gasteiger partial charge in [0.2, 0.25) is 5.91 Å². The smallest absolute Gasteiger partial charge is 0.232 e. The summed E-state index contributed by atoms with van der Waals surface area (Å²) in [6, 6.07) is 0. The summed E-state index contributed by atoms with van der Waals surface area (Å²) in [5.74, 6) is 1.09. The molecule has 4 nitrogen and oxygen atoms in total. The Labute approximate surface area is 94.5 Å². The molecule has 0 aromatic carbocycles. The van der Waals surface area contributed by atoms with Crippen molar-refractivity contribution in [3.63, 3.8) is 0 Å². The minimum Gasteiger partial charge on any atom is -0.355 e. The van der Waals surface area contributed by atoms with Gasteiger partial charge in [-0.2, -0.15) is 11.8 Å². The second-order valence-electron chi connectivity index (χ2n) is 3.37. The summed E-state index contributed by atoms with van der Waals surface area (Å²) >= 11 is 1.55. The zero-order valence-corrected chi connectivity index (χ0v) is 10.2. The van der Waals surface area contributed by atoms with E-state index in [-0.39, 0.29) is 11.2 Å². The molecule has 0 saturated carbocycles. The van der Waals surface area contributed by atoms with Crippen LogP contribution in [0.3, 0.4) is 0 Å². The largest absolute Gasteiger partial charge is 0.355 e. The molecule has 1 amide bonds. The molecule has 1 aromatic heterocycles. The molecule has 0 aliphatic carbocycles. The third kappa shape index (κ3) is 3.58. The fraction of sp³-hybridized carbons (Fsp3) is 0.600. The van der Waals surface area contributed by atoms with Crippen molar-refractivity contribution < 1.29 is 4.79 Å². The number of nitrogens with zero attached hydrogens (tertiary/aromatic N) is 2. The summed E-state index contributed by atoms with van der Waals surface area (Å²) in [5.41, 5.74) is 0. The topological polar surface area (TPSA) is 46.9 Å². The van der Waals surface area contributed by atoms with Gasteiger partial charge in [0.25, 0.3) is 0 Å². The summed E-state index contributed by atoms with van der Waals surface area (Å²) in [4.78, 5) is 15.6. The molecule has 0 bridgehead atoms. The number of thioether (sulfide) groups is 1. The summed E-state index contributed by atoms with van der Waals surface area (Å²) in [6.45, 7) is 2.55. The third-order valence-corrected chi connectivity index (χ3v) is 3.21. The molecule has 0 unspecified atom stereocenters. The molecule has 0 aliphatic rings. The number of aromatic nitrogens is 2. The first-order valence-electron chi connectivity index (χ1n) is 4.92. The van der Waals surface area contributed by atoms with Crippen LogP contribution in [0.25, 0.3) is 0 Å². The average molecular weight is 227 g/mol. The van der Waals surface area contributed by atoms with Crippen LogP contribution < -0.4 is 5.32 Å². The number of nitrogens with one attached hydrogen (secondary N) is 1. The van der Waals surface area contributed by atoms with Crippen LogP contribution in [0.1, 0.15) is 12.7 Å². The van der Waals surface area contributed by atoms with Crippen LogP contribution in [0.5, 0.6) is 0 Å². The highest BCUT2D eigenvalue weighted by molar-refractivity contribution is 7.99. The van der Waals surface area contributed by atoms with Crippen molar-refractivity contribution in [2.45, 2.75) is 18.6 Å². The number of carbonyl (C=O) groups is 1. The first-order chi connectivity index (χ1) is 7.15. The van der Waals surface area contributed by atoms with Crippen LogP contribution in [-0.2, 0) is 18.3 Å². The number of amides is 1. The van der Waals surface area contributed by atoms with Crippen LogP contribution in [-0.4, -0.2) is 33.5 Å². The lowest BCUT2D eigenvalue weighted by Crippen LogP contribution is -2.32. The van der Waals surface area contributed by atoms with Crippen LogP contribution in [0.2, 0.25) is 0 Å². The number of rotatable bonds is 5. The predicted molar refractivity (Wildman–Crippen MR) is 62.9 cm³/mol. The van der Waals surface area contributed by atoms with Crippen LogP contribution in [0.15, 0.2) is 12.4 Å². The first-order valence-corrected chi connectivity index (χ1v) is 6.20. The van der Waals surface area contributed by atoms with Crippen molar-refractivity contribution in [3.8, 4) is 0 Å². The molecule has 1 heterocycles. The van der Waals surface area contributed by atoms with E-state index in [1.807, 2.05) is 31.0 Å². The van der Waals surface area contributed by atoms with Gasteiger partial charge >= 0.3 is 0 Å². The van der Waals surface area contributed by atoms with Gasteiger partial charge in [-0.05, 0) is 13.2 Å². The fourth-order valence-corrected chi connectivity index (χ4v) is 1.48. The highest BCUT2D eigenvalue weighted by Crippen LogP contribution is 2.04. The third-order valence-electron chi connectivity index (χ3n) is 2.29. The Hall–Kier alpha value is -0.970.